The van der Waals surface area contributed by atoms with Crippen LogP contribution in [0.1, 0.15) is 0 Å². The van der Waals surface area contributed by atoms with Crippen molar-refractivity contribution in [2.45, 2.75) is 6.18 Å². The molecule has 0 aromatic carbocycles. The summed E-state index contributed by atoms with van der Waals surface area (Å²) in [6.07, 6.45) is -1.86. The SMILES string of the molecule is O=[N+]1C=CC(C(F)(F)F)=CC1. The summed E-state index contributed by atoms with van der Waals surface area (Å²) >= 11 is 0. The van der Waals surface area contributed by atoms with E-state index in [1.54, 1.807) is 0 Å². The van der Waals surface area contributed by atoms with Gasteiger partial charge in [-0.05, 0) is 6.08 Å². The van der Waals surface area contributed by atoms with E-state index in [2.05, 4.69) is 0 Å². The van der Waals surface area contributed by atoms with Crippen molar-refractivity contribution in [3.8, 4) is 0 Å². The normalized spacial score (nSPS) is 18.5. The maximum absolute atomic E-state index is 11.8. The lowest BCUT2D eigenvalue weighted by Crippen LogP contribution is -2.15. The predicted molar refractivity (Wildman–Crippen MR) is 31.8 cm³/mol. The maximum atomic E-state index is 11.8. The number of hydrogen-bond acceptors (Lipinski definition) is 1. The average Bonchev–Trinajstić information content (AvgIpc) is 1.86. The molecule has 0 aromatic heterocycles. The molecule has 0 atom stereocenters. The van der Waals surface area contributed by atoms with Crippen molar-refractivity contribution in [1.29, 1.82) is 0 Å². The third kappa shape index (κ3) is 1.89. The molecule has 60 valence electrons. The van der Waals surface area contributed by atoms with Crippen molar-refractivity contribution in [2.75, 3.05) is 6.54 Å². The van der Waals surface area contributed by atoms with Crippen molar-refractivity contribution in [3.05, 3.63) is 28.8 Å². The van der Waals surface area contributed by atoms with Gasteiger partial charge in [0.25, 0.3) is 0 Å². The van der Waals surface area contributed by atoms with E-state index >= 15 is 0 Å². The minimum Gasteiger partial charge on any atom is -0.166 e. The van der Waals surface area contributed by atoms with Crippen LogP contribution >= 0.6 is 0 Å². The topological polar surface area (TPSA) is 20.1 Å². The first kappa shape index (κ1) is 7.97. The zero-order chi connectivity index (χ0) is 8.48. The molecular formula is C6H5F3NO+. The first-order chi connectivity index (χ1) is 5.00. The standard InChI is InChI=1S/C6H5F3NO/c7-6(8,9)5-1-3-10(11)4-2-5/h1-3H,4H2/q+1. The zero-order valence-electron chi connectivity index (χ0n) is 5.43. The Morgan fingerprint density at radius 2 is 2.09 bits per heavy atom. The molecule has 1 rings (SSSR count). The third-order valence-electron chi connectivity index (χ3n) is 1.24. The van der Waals surface area contributed by atoms with Crippen LogP contribution in [0, 0.1) is 4.91 Å². The molecule has 1 aliphatic heterocycles. The predicted octanol–water partition coefficient (Wildman–Crippen LogP) is 1.78. The van der Waals surface area contributed by atoms with Gasteiger partial charge in [0, 0.05) is 15.7 Å². The number of rotatable bonds is 0. The molecule has 0 fully saturated rings. The summed E-state index contributed by atoms with van der Waals surface area (Å²) in [4.78, 5) is 10.4. The number of nitrogens with zero attached hydrogens (tertiary/aromatic N) is 1. The molecule has 0 unspecified atom stereocenters. The molecule has 0 aromatic rings. The summed E-state index contributed by atoms with van der Waals surface area (Å²) in [5, 5.41) is 0. The first-order valence-electron chi connectivity index (χ1n) is 2.89. The molecule has 5 heteroatoms. The van der Waals surface area contributed by atoms with Crippen molar-refractivity contribution in [3.63, 3.8) is 0 Å². The van der Waals surface area contributed by atoms with Gasteiger partial charge in [0.1, 0.15) is 0 Å². The Morgan fingerprint density at radius 1 is 1.45 bits per heavy atom. The van der Waals surface area contributed by atoms with Gasteiger partial charge < -0.3 is 0 Å². The van der Waals surface area contributed by atoms with Crippen molar-refractivity contribution < 1.29 is 17.9 Å². The quantitative estimate of drug-likeness (QED) is 0.499. The maximum Gasteiger partial charge on any atom is 0.416 e. The highest BCUT2D eigenvalue weighted by Crippen LogP contribution is 2.27. The van der Waals surface area contributed by atoms with Crippen LogP contribution in [0.15, 0.2) is 23.9 Å². The number of hydrogen-bond donors (Lipinski definition) is 0. The summed E-state index contributed by atoms with van der Waals surface area (Å²) in [6.45, 7) is -0.231. The fourth-order valence-electron chi connectivity index (χ4n) is 0.691. The Hall–Kier alpha value is -1.13. The monoisotopic (exact) mass is 164 g/mol. The number of alkyl halides is 3. The highest BCUT2D eigenvalue weighted by molar-refractivity contribution is 5.24. The van der Waals surface area contributed by atoms with Gasteiger partial charge >= 0.3 is 6.18 Å². The Balaban J connectivity index is 2.79. The van der Waals surface area contributed by atoms with Gasteiger partial charge in [-0.1, -0.05) is 0 Å². The van der Waals surface area contributed by atoms with E-state index in [1.165, 1.54) is 0 Å². The fourth-order valence-corrected chi connectivity index (χ4v) is 0.691. The molecule has 2 nitrogen and oxygen atoms in total. The van der Waals surface area contributed by atoms with Crippen LogP contribution in [0.5, 0.6) is 0 Å². The van der Waals surface area contributed by atoms with Crippen LogP contribution < -0.4 is 0 Å². The molecule has 1 aliphatic rings. The highest BCUT2D eigenvalue weighted by atomic mass is 19.4. The zero-order valence-corrected chi connectivity index (χ0v) is 5.43. The summed E-state index contributed by atoms with van der Waals surface area (Å²) in [5.74, 6) is 0. The van der Waals surface area contributed by atoms with E-state index in [0.717, 1.165) is 18.4 Å². The van der Waals surface area contributed by atoms with Gasteiger partial charge in [-0.2, -0.15) is 13.2 Å². The van der Waals surface area contributed by atoms with Crippen LogP contribution in [0.3, 0.4) is 0 Å². The number of nitroso groups, excluding NO2 is 1. The number of allylic oxidation sites excluding steroid dienone is 2. The Labute approximate surface area is 60.6 Å². The largest absolute Gasteiger partial charge is 0.416 e. The molecule has 0 radical (unpaired) electrons. The Kier molecular flexibility index (Phi) is 1.80. The lowest BCUT2D eigenvalue weighted by Gasteiger charge is -2.06. The molecular weight excluding hydrogens is 159 g/mol. The second kappa shape index (κ2) is 2.48. The van der Waals surface area contributed by atoms with E-state index in [0.29, 0.717) is 4.76 Å². The summed E-state index contributed by atoms with van der Waals surface area (Å²) in [6, 6.07) is 0. The minimum absolute atomic E-state index is 0.231. The van der Waals surface area contributed by atoms with Gasteiger partial charge in [-0.15, -0.1) is 0 Å². The summed E-state index contributed by atoms with van der Waals surface area (Å²) < 4.78 is 35.9. The average molecular weight is 164 g/mol. The van der Waals surface area contributed by atoms with E-state index in [1.807, 2.05) is 0 Å². The number of halogens is 3. The van der Waals surface area contributed by atoms with Crippen LogP contribution in [-0.2, 0) is 0 Å². The lowest BCUT2D eigenvalue weighted by molar-refractivity contribution is -0.469. The van der Waals surface area contributed by atoms with Crippen LogP contribution in [0.4, 0.5) is 13.2 Å². The van der Waals surface area contributed by atoms with Crippen molar-refractivity contribution in [2.24, 2.45) is 0 Å². The van der Waals surface area contributed by atoms with Crippen molar-refractivity contribution in [1.82, 2.24) is 0 Å². The van der Waals surface area contributed by atoms with E-state index in [4.69, 9.17) is 0 Å². The molecule has 0 saturated heterocycles. The molecule has 0 N–H and O–H groups in total. The molecule has 1 heterocycles. The van der Waals surface area contributed by atoms with Crippen molar-refractivity contribution >= 4 is 0 Å². The fraction of sp³-hybridized carbons (Fsp3) is 0.333. The smallest absolute Gasteiger partial charge is 0.166 e. The molecule has 0 spiro atoms. The second-order valence-electron chi connectivity index (χ2n) is 2.07. The Morgan fingerprint density at radius 3 is 2.45 bits per heavy atom. The second-order valence-corrected chi connectivity index (χ2v) is 2.07. The molecule has 0 bridgehead atoms. The van der Waals surface area contributed by atoms with Gasteiger partial charge in [-0.3, -0.25) is 0 Å². The highest BCUT2D eigenvalue weighted by Gasteiger charge is 2.34. The van der Waals surface area contributed by atoms with Crippen LogP contribution in [0.25, 0.3) is 0 Å². The van der Waals surface area contributed by atoms with E-state index < -0.39 is 11.7 Å². The first-order valence-corrected chi connectivity index (χ1v) is 2.89. The van der Waals surface area contributed by atoms with E-state index in [9.17, 15) is 18.1 Å². The van der Waals surface area contributed by atoms with Gasteiger partial charge in [-0.25, -0.2) is 0 Å². The van der Waals surface area contributed by atoms with Gasteiger partial charge in [0.05, 0.1) is 5.57 Å². The lowest BCUT2D eigenvalue weighted by atomic mass is 10.2. The van der Waals surface area contributed by atoms with Crippen LogP contribution in [-0.4, -0.2) is 17.5 Å². The van der Waals surface area contributed by atoms with Gasteiger partial charge in [0.15, 0.2) is 0 Å². The summed E-state index contributed by atoms with van der Waals surface area (Å²) in [7, 11) is 0. The third-order valence-corrected chi connectivity index (χ3v) is 1.24. The molecule has 11 heavy (non-hydrogen) atoms. The molecule has 0 amide bonds. The molecule has 0 saturated carbocycles. The molecule has 0 aliphatic carbocycles. The summed E-state index contributed by atoms with van der Waals surface area (Å²) in [5.41, 5.74) is -0.760. The van der Waals surface area contributed by atoms with Gasteiger partial charge in [0.2, 0.25) is 12.7 Å². The van der Waals surface area contributed by atoms with E-state index in [-0.39, 0.29) is 6.54 Å². The Bertz CT molecular complexity index is 239. The van der Waals surface area contributed by atoms with Crippen LogP contribution in [0.2, 0.25) is 0 Å². The minimum atomic E-state index is -4.34.